The molecule has 0 amide bonds. The lowest BCUT2D eigenvalue weighted by Crippen LogP contribution is -2.30. The molecule has 62 heavy (non-hydrogen) atoms. The second-order valence-corrected chi connectivity index (χ2v) is 16.1. The van der Waals surface area contributed by atoms with Crippen molar-refractivity contribution in [2.24, 2.45) is 0 Å². The maximum Gasteiger partial charge on any atom is 0.306 e. The summed E-state index contributed by atoms with van der Waals surface area (Å²) in [5.41, 5.74) is 0. The molecule has 6 heteroatoms. The third-order valence-electron chi connectivity index (χ3n) is 10.1. The quantitative estimate of drug-likeness (QED) is 0.0200. The van der Waals surface area contributed by atoms with Crippen LogP contribution in [0.3, 0.4) is 0 Å². The van der Waals surface area contributed by atoms with Crippen molar-refractivity contribution in [1.82, 2.24) is 0 Å². The molecule has 1 unspecified atom stereocenters. The topological polar surface area (TPSA) is 78.9 Å². The Bertz CT molecular complexity index is 1310. The minimum absolute atomic E-state index is 0.122. The summed E-state index contributed by atoms with van der Waals surface area (Å²) in [7, 11) is 0. The number of allylic oxidation sites excluding steroid dienone is 18. The van der Waals surface area contributed by atoms with Gasteiger partial charge in [-0.05, 0) is 70.6 Å². The van der Waals surface area contributed by atoms with E-state index in [1.165, 1.54) is 77.0 Å². The van der Waals surface area contributed by atoms with Gasteiger partial charge in [-0.2, -0.15) is 0 Å². The van der Waals surface area contributed by atoms with Gasteiger partial charge in [-0.25, -0.2) is 0 Å². The molecule has 0 N–H and O–H groups in total. The minimum atomic E-state index is -0.823. The third kappa shape index (κ3) is 47.1. The fraction of sp³-hybridized carbons (Fsp3) is 0.625. The Labute approximate surface area is 380 Å². The van der Waals surface area contributed by atoms with Crippen LogP contribution in [0.25, 0.3) is 0 Å². The number of rotatable bonds is 43. The van der Waals surface area contributed by atoms with Gasteiger partial charge in [0.1, 0.15) is 13.2 Å². The highest BCUT2D eigenvalue weighted by Crippen LogP contribution is 2.15. The van der Waals surface area contributed by atoms with E-state index in [2.05, 4.69) is 81.5 Å². The first-order valence-electron chi connectivity index (χ1n) is 24.9. The second kappa shape index (κ2) is 49.7. The highest BCUT2D eigenvalue weighted by molar-refractivity contribution is 5.71. The van der Waals surface area contributed by atoms with E-state index in [1.807, 2.05) is 48.6 Å². The number of hydrogen-bond donors (Lipinski definition) is 0. The summed E-state index contributed by atoms with van der Waals surface area (Å²) in [5.74, 6) is -1.05. The van der Waals surface area contributed by atoms with E-state index >= 15 is 0 Å². The zero-order valence-corrected chi connectivity index (χ0v) is 39.8. The van der Waals surface area contributed by atoms with Crippen molar-refractivity contribution in [1.29, 1.82) is 0 Å². The number of carbonyl (C=O) groups excluding carboxylic acids is 3. The normalized spacial score (nSPS) is 13.0. The highest BCUT2D eigenvalue weighted by Gasteiger charge is 2.19. The zero-order valence-electron chi connectivity index (χ0n) is 39.8. The Kier molecular flexibility index (Phi) is 46.6. The maximum absolute atomic E-state index is 12.8. The molecule has 0 radical (unpaired) electrons. The van der Waals surface area contributed by atoms with Gasteiger partial charge in [-0.1, -0.05) is 226 Å². The summed E-state index contributed by atoms with van der Waals surface area (Å²) >= 11 is 0. The molecule has 0 bridgehead atoms. The number of ether oxygens (including phenoxy) is 3. The average Bonchev–Trinajstić information content (AvgIpc) is 3.27. The minimum Gasteiger partial charge on any atom is -0.462 e. The third-order valence-corrected chi connectivity index (χ3v) is 10.1. The van der Waals surface area contributed by atoms with Crippen LogP contribution in [0.1, 0.15) is 207 Å². The van der Waals surface area contributed by atoms with Gasteiger partial charge < -0.3 is 14.2 Å². The molecule has 1 atom stereocenters. The van der Waals surface area contributed by atoms with E-state index in [0.717, 1.165) is 83.5 Å². The van der Waals surface area contributed by atoms with Crippen molar-refractivity contribution < 1.29 is 28.6 Å². The lowest BCUT2D eigenvalue weighted by Gasteiger charge is -2.18. The first kappa shape index (κ1) is 58.1. The monoisotopic (exact) mass is 859 g/mol. The van der Waals surface area contributed by atoms with Crippen molar-refractivity contribution in [3.8, 4) is 0 Å². The van der Waals surface area contributed by atoms with E-state index < -0.39 is 6.10 Å². The molecule has 0 aliphatic heterocycles. The van der Waals surface area contributed by atoms with E-state index in [9.17, 15) is 14.4 Å². The number of esters is 3. The molecule has 0 aromatic carbocycles. The van der Waals surface area contributed by atoms with Crippen LogP contribution in [-0.2, 0) is 28.6 Å². The predicted octanol–water partition coefficient (Wildman–Crippen LogP) is 16.4. The molecule has 0 rings (SSSR count). The van der Waals surface area contributed by atoms with Gasteiger partial charge in [0.15, 0.2) is 6.10 Å². The van der Waals surface area contributed by atoms with Crippen LogP contribution in [0, 0.1) is 0 Å². The van der Waals surface area contributed by atoms with E-state index in [4.69, 9.17) is 14.2 Å². The van der Waals surface area contributed by atoms with Gasteiger partial charge in [0.25, 0.3) is 0 Å². The van der Waals surface area contributed by atoms with Gasteiger partial charge in [0, 0.05) is 19.3 Å². The van der Waals surface area contributed by atoms with E-state index in [-0.39, 0.29) is 37.5 Å². The molecule has 350 valence electrons. The van der Waals surface area contributed by atoms with Crippen molar-refractivity contribution in [2.75, 3.05) is 13.2 Å². The second-order valence-electron chi connectivity index (χ2n) is 16.1. The van der Waals surface area contributed by atoms with Crippen LogP contribution in [0.5, 0.6) is 0 Å². The highest BCUT2D eigenvalue weighted by atomic mass is 16.6. The first-order valence-corrected chi connectivity index (χ1v) is 24.9. The molecular weight excluding hydrogens is 769 g/mol. The van der Waals surface area contributed by atoms with E-state index in [1.54, 1.807) is 0 Å². The zero-order chi connectivity index (χ0) is 45.1. The van der Waals surface area contributed by atoms with E-state index in [0.29, 0.717) is 19.3 Å². The molecule has 0 aliphatic carbocycles. The summed E-state index contributed by atoms with van der Waals surface area (Å²) < 4.78 is 16.7. The Morgan fingerprint density at radius 2 is 0.742 bits per heavy atom. The number of unbranched alkanes of at least 4 members (excludes halogenated alkanes) is 17. The van der Waals surface area contributed by atoms with Crippen molar-refractivity contribution in [2.45, 2.75) is 213 Å². The predicted molar refractivity (Wildman–Crippen MR) is 265 cm³/mol. The molecule has 6 nitrogen and oxygen atoms in total. The first-order chi connectivity index (χ1) is 30.5. The van der Waals surface area contributed by atoms with Crippen molar-refractivity contribution >= 4 is 17.9 Å². The van der Waals surface area contributed by atoms with Crippen LogP contribution in [0.4, 0.5) is 0 Å². The summed E-state index contributed by atoms with van der Waals surface area (Å²) in [6, 6.07) is 0. The maximum atomic E-state index is 12.8. The molecule has 0 saturated heterocycles. The molecule has 0 saturated carbocycles. The molecule has 0 spiro atoms. The van der Waals surface area contributed by atoms with Gasteiger partial charge in [0.05, 0.1) is 0 Å². The fourth-order valence-electron chi connectivity index (χ4n) is 6.44. The van der Waals surface area contributed by atoms with Gasteiger partial charge in [-0.15, -0.1) is 0 Å². The number of carbonyl (C=O) groups is 3. The summed E-state index contributed by atoms with van der Waals surface area (Å²) in [6.45, 7) is 6.27. The van der Waals surface area contributed by atoms with Crippen LogP contribution < -0.4 is 0 Å². The molecule has 0 aromatic heterocycles. The molecular formula is C56H90O6. The largest absolute Gasteiger partial charge is 0.462 e. The standard InChI is InChI=1S/C56H90O6/c1-4-7-10-13-16-19-22-25-27-29-31-34-37-40-43-46-49-55(58)61-52-53(51-60-54(57)48-45-42-39-36-33-30-24-21-18-15-12-9-6-3)62-56(59)50-47-44-41-38-35-32-28-26-23-20-17-14-11-8-5-2/h7,9-10,12,15-16,18-19,21,24-25,27,30-31,33-34,40,43,53H,4-6,8,11,13-14,17,20,22-23,26,28-29,32,35-39,41-42,44-52H2,1-3H3/b10-7+,12-9+,18-15+,19-16+,24-21+,27-25+,33-30+,34-31+,43-40+. The van der Waals surface area contributed by atoms with Crippen molar-refractivity contribution in [3.63, 3.8) is 0 Å². The summed E-state index contributed by atoms with van der Waals surface area (Å²) in [6.07, 6.45) is 66.6. The van der Waals surface area contributed by atoms with Crippen LogP contribution in [0.15, 0.2) is 109 Å². The summed E-state index contributed by atoms with van der Waals surface area (Å²) in [4.78, 5) is 37.9. The van der Waals surface area contributed by atoms with Crippen LogP contribution in [0.2, 0.25) is 0 Å². The number of hydrogen-bond acceptors (Lipinski definition) is 6. The van der Waals surface area contributed by atoms with Crippen LogP contribution >= 0.6 is 0 Å². The Morgan fingerprint density at radius 1 is 0.355 bits per heavy atom. The SMILES string of the molecule is CC/C=C/C=C/C=C/C=C/CCCCCC(=O)OCC(COC(=O)CC/C=C/C/C=C/C/C=C/C/C=C/C/C=C/CC)OC(=O)CCCCCCCCCCCCCCCCC. The Hall–Kier alpha value is -3.93. The smallest absolute Gasteiger partial charge is 0.306 e. The fourth-order valence-corrected chi connectivity index (χ4v) is 6.44. The van der Waals surface area contributed by atoms with Gasteiger partial charge >= 0.3 is 17.9 Å². The summed E-state index contributed by atoms with van der Waals surface area (Å²) in [5, 5.41) is 0. The molecule has 0 fully saturated rings. The molecule has 0 aromatic rings. The molecule has 0 aliphatic rings. The van der Waals surface area contributed by atoms with Crippen molar-refractivity contribution in [3.05, 3.63) is 109 Å². The average molecular weight is 859 g/mol. The molecule has 0 heterocycles. The van der Waals surface area contributed by atoms with Crippen LogP contribution in [-0.4, -0.2) is 37.2 Å². The lowest BCUT2D eigenvalue weighted by atomic mass is 10.0. The lowest BCUT2D eigenvalue weighted by molar-refractivity contribution is -0.166. The Balaban J connectivity index is 4.55. The van der Waals surface area contributed by atoms with Gasteiger partial charge in [0.2, 0.25) is 0 Å². The Morgan fingerprint density at radius 3 is 1.24 bits per heavy atom. The van der Waals surface area contributed by atoms with Gasteiger partial charge in [-0.3, -0.25) is 14.4 Å².